The number of benzene rings is 2. The highest BCUT2D eigenvalue weighted by molar-refractivity contribution is 5.90. The van der Waals surface area contributed by atoms with E-state index in [9.17, 15) is 32.6 Å². The van der Waals surface area contributed by atoms with Crippen LogP contribution in [-0.4, -0.2) is 80.0 Å². The van der Waals surface area contributed by atoms with E-state index < -0.39 is 28.9 Å². The highest BCUT2D eigenvalue weighted by Crippen LogP contribution is 2.67. The van der Waals surface area contributed by atoms with Crippen molar-refractivity contribution in [2.24, 2.45) is 28.6 Å². The maximum atomic E-state index is 14.1. The number of hydrogen-bond acceptors (Lipinski definition) is 6. The molecule has 0 amide bonds. The van der Waals surface area contributed by atoms with E-state index in [2.05, 4.69) is 27.9 Å². The molecule has 1 aliphatic heterocycles. The van der Waals surface area contributed by atoms with Crippen molar-refractivity contribution in [2.75, 3.05) is 32.7 Å². The van der Waals surface area contributed by atoms with E-state index in [1.807, 2.05) is 17.8 Å². The van der Waals surface area contributed by atoms with Crippen LogP contribution >= 0.6 is 0 Å². The van der Waals surface area contributed by atoms with E-state index in [-0.39, 0.29) is 41.3 Å². The Balaban J connectivity index is 0.936. The van der Waals surface area contributed by atoms with Crippen molar-refractivity contribution < 1.29 is 32.6 Å². The van der Waals surface area contributed by atoms with Crippen molar-refractivity contribution in [3.63, 3.8) is 0 Å². The van der Waals surface area contributed by atoms with E-state index in [0.717, 1.165) is 60.3 Å². The van der Waals surface area contributed by atoms with Gasteiger partial charge in [0, 0.05) is 38.1 Å². The fourth-order valence-corrected chi connectivity index (χ4v) is 10.9. The molecule has 5 aliphatic rings. The summed E-state index contributed by atoms with van der Waals surface area (Å²) in [5.74, 6) is -0.189. The second-order valence-electron chi connectivity index (χ2n) is 16.3. The normalized spacial score (nSPS) is 33.9. The third-order valence-electron chi connectivity index (χ3n) is 13.6. The molecule has 3 aromatic rings. The lowest BCUT2D eigenvalue weighted by atomic mass is 9.45. The number of nitrogens with zero attached hydrogens (tertiary/aromatic N) is 4. The monoisotopic (exact) mass is 706 g/mol. The van der Waals surface area contributed by atoms with Gasteiger partial charge in [-0.25, -0.2) is 9.07 Å². The summed E-state index contributed by atoms with van der Waals surface area (Å²) in [5.41, 5.74) is 1.82. The Morgan fingerprint density at radius 1 is 0.980 bits per heavy atom. The largest absolute Gasteiger partial charge is 0.416 e. The smallest absolute Gasteiger partial charge is 0.393 e. The van der Waals surface area contributed by atoms with Gasteiger partial charge in [-0.2, -0.15) is 18.3 Å². The number of ketones is 1. The van der Waals surface area contributed by atoms with Crippen LogP contribution in [0.5, 0.6) is 0 Å². The number of halogens is 4. The summed E-state index contributed by atoms with van der Waals surface area (Å²) >= 11 is 0. The van der Waals surface area contributed by atoms with Gasteiger partial charge in [0.1, 0.15) is 11.4 Å². The zero-order chi connectivity index (χ0) is 35.9. The zero-order valence-corrected chi connectivity index (χ0v) is 29.2. The van der Waals surface area contributed by atoms with Gasteiger partial charge in [0.2, 0.25) is 0 Å². The van der Waals surface area contributed by atoms with Crippen LogP contribution in [0.4, 0.5) is 17.6 Å². The standard InChI is InChI=1S/C40H46F4N4O3/c1-37-20-26-22-45-48(30-10-8-29(41)9-11-30)33(26)19-28(37)7-12-31-32-13-14-39(51,38(32,2)21-34(49)36(31)37)35(50)24-47-17-15-46(16-18-47)23-25-3-5-27(6-4-25)40(42,43)44/h3-6,8-11,19,22,31-32,34,36,49,51H,7,12-18,20-21,23-24H2,1-2H3/t31?,32?,34-,36?,37-,38-,39-/m0/s1. The summed E-state index contributed by atoms with van der Waals surface area (Å²) in [6.07, 6.45) is 3.08. The number of carbonyl (C=O) groups excluding carboxylic acids is 1. The number of aromatic nitrogens is 2. The highest BCUT2D eigenvalue weighted by atomic mass is 19.4. The van der Waals surface area contributed by atoms with E-state index >= 15 is 0 Å². The predicted molar refractivity (Wildman–Crippen MR) is 184 cm³/mol. The maximum absolute atomic E-state index is 14.1. The third kappa shape index (κ3) is 5.70. The van der Waals surface area contributed by atoms with Gasteiger partial charge in [-0.15, -0.1) is 0 Å². The molecule has 272 valence electrons. The number of aliphatic hydroxyl groups is 2. The molecule has 3 saturated carbocycles. The van der Waals surface area contributed by atoms with Crippen molar-refractivity contribution in [3.8, 4) is 5.69 Å². The lowest BCUT2D eigenvalue weighted by Gasteiger charge is -2.60. The van der Waals surface area contributed by atoms with E-state index in [0.29, 0.717) is 45.6 Å². The molecule has 0 bridgehead atoms. The molecular weight excluding hydrogens is 660 g/mol. The van der Waals surface area contributed by atoms with Gasteiger partial charge in [0.15, 0.2) is 5.78 Å². The van der Waals surface area contributed by atoms with Gasteiger partial charge >= 0.3 is 6.18 Å². The molecule has 4 fully saturated rings. The molecule has 4 aliphatic carbocycles. The Morgan fingerprint density at radius 2 is 1.67 bits per heavy atom. The van der Waals surface area contributed by atoms with E-state index in [4.69, 9.17) is 0 Å². The Kier molecular flexibility index (Phi) is 8.40. The molecule has 2 heterocycles. The minimum atomic E-state index is -4.36. The first-order valence-electron chi connectivity index (χ1n) is 18.3. The summed E-state index contributed by atoms with van der Waals surface area (Å²) in [5, 5.41) is 29.0. The SMILES string of the molecule is C[C@]12Cc3cnn(-c4ccc(F)cc4)c3C=C1CCC1C2[C@@H](O)C[C@@]2(C)C1CC[C@]2(O)C(=O)CN1CCN(Cc2ccc(C(F)(F)F)cc2)CC1. The molecular formula is C40H46F4N4O3. The van der Waals surface area contributed by atoms with Crippen LogP contribution in [0.15, 0.2) is 60.3 Å². The van der Waals surface area contributed by atoms with Gasteiger partial charge in [-0.3, -0.25) is 14.6 Å². The number of alkyl halides is 3. The van der Waals surface area contributed by atoms with Gasteiger partial charge in [0.05, 0.1) is 35.8 Å². The van der Waals surface area contributed by atoms with E-state index in [1.54, 1.807) is 12.1 Å². The van der Waals surface area contributed by atoms with Crippen LogP contribution in [-0.2, 0) is 23.9 Å². The number of Topliss-reactive ketones (excluding diaryl/α,β-unsaturated/α-hetero) is 1. The molecule has 2 aromatic carbocycles. The fraction of sp³-hybridized carbons (Fsp3) is 0.550. The minimum Gasteiger partial charge on any atom is -0.393 e. The minimum absolute atomic E-state index is 0.00640. The van der Waals surface area contributed by atoms with Crippen molar-refractivity contribution in [1.82, 2.24) is 19.6 Å². The number of aliphatic hydroxyl groups excluding tert-OH is 1. The molecule has 0 spiro atoms. The summed E-state index contributed by atoms with van der Waals surface area (Å²) < 4.78 is 54.4. The molecule has 7 atom stereocenters. The average molecular weight is 707 g/mol. The fourth-order valence-electron chi connectivity index (χ4n) is 10.9. The van der Waals surface area contributed by atoms with Crippen LogP contribution in [0.2, 0.25) is 0 Å². The summed E-state index contributed by atoms with van der Waals surface area (Å²) in [6, 6.07) is 11.6. The third-order valence-corrected chi connectivity index (χ3v) is 13.6. The Labute approximate surface area is 295 Å². The second-order valence-corrected chi connectivity index (χ2v) is 16.3. The number of allylic oxidation sites excluding steroid dienone is 1. The number of fused-ring (bicyclic) bond motifs is 6. The summed E-state index contributed by atoms with van der Waals surface area (Å²) in [6.45, 7) is 7.58. The topological polar surface area (TPSA) is 81.8 Å². The Hall–Kier alpha value is -3.38. The van der Waals surface area contributed by atoms with Gasteiger partial charge < -0.3 is 10.2 Å². The number of rotatable bonds is 6. The van der Waals surface area contributed by atoms with Crippen molar-refractivity contribution in [2.45, 2.75) is 76.8 Å². The van der Waals surface area contributed by atoms with Crippen molar-refractivity contribution in [1.29, 1.82) is 0 Å². The first kappa shape index (κ1) is 34.7. The molecule has 11 heteroatoms. The second kappa shape index (κ2) is 12.4. The Bertz CT molecular complexity index is 1830. The number of hydrogen-bond donors (Lipinski definition) is 2. The van der Waals surface area contributed by atoms with Crippen molar-refractivity contribution in [3.05, 3.63) is 88.5 Å². The van der Waals surface area contributed by atoms with Gasteiger partial charge in [0.25, 0.3) is 0 Å². The van der Waals surface area contributed by atoms with E-state index in [1.165, 1.54) is 29.8 Å². The molecule has 1 aromatic heterocycles. The summed E-state index contributed by atoms with van der Waals surface area (Å²) in [4.78, 5) is 18.3. The molecule has 3 unspecified atom stereocenters. The van der Waals surface area contributed by atoms with Crippen LogP contribution in [0, 0.1) is 34.4 Å². The molecule has 2 N–H and O–H groups in total. The van der Waals surface area contributed by atoms with Crippen molar-refractivity contribution >= 4 is 11.9 Å². The number of piperazine rings is 1. The van der Waals surface area contributed by atoms with Crippen LogP contribution in [0.3, 0.4) is 0 Å². The molecule has 8 rings (SSSR count). The lowest BCUT2D eigenvalue weighted by Crippen LogP contribution is -2.63. The number of carbonyl (C=O) groups is 1. The highest BCUT2D eigenvalue weighted by Gasteiger charge is 2.68. The van der Waals surface area contributed by atoms with Gasteiger partial charge in [-0.05, 0) is 115 Å². The summed E-state index contributed by atoms with van der Waals surface area (Å²) in [7, 11) is 0. The first-order chi connectivity index (χ1) is 24.2. The predicted octanol–water partition coefficient (Wildman–Crippen LogP) is 6.30. The average Bonchev–Trinajstić information content (AvgIpc) is 3.61. The van der Waals surface area contributed by atoms with Gasteiger partial charge in [-0.1, -0.05) is 31.6 Å². The lowest BCUT2D eigenvalue weighted by molar-refractivity contribution is -0.180. The quantitative estimate of drug-likeness (QED) is 0.293. The first-order valence-corrected chi connectivity index (χ1v) is 18.3. The molecule has 1 saturated heterocycles. The molecule has 0 radical (unpaired) electrons. The van der Waals surface area contributed by atoms with Crippen LogP contribution < -0.4 is 0 Å². The molecule has 7 nitrogen and oxygen atoms in total. The Morgan fingerprint density at radius 3 is 2.35 bits per heavy atom. The zero-order valence-electron chi connectivity index (χ0n) is 29.2. The maximum Gasteiger partial charge on any atom is 0.416 e. The van der Waals surface area contributed by atoms with Crippen LogP contribution in [0.25, 0.3) is 11.8 Å². The van der Waals surface area contributed by atoms with Crippen LogP contribution in [0.1, 0.15) is 68.3 Å². The molecule has 51 heavy (non-hydrogen) atoms.